The van der Waals surface area contributed by atoms with E-state index in [4.69, 9.17) is 15.9 Å². The summed E-state index contributed by atoms with van der Waals surface area (Å²) in [7, 11) is 0. The summed E-state index contributed by atoms with van der Waals surface area (Å²) in [5, 5.41) is 27.5. The number of aromatic hydroxyl groups is 1. The van der Waals surface area contributed by atoms with Crippen molar-refractivity contribution in [1.29, 1.82) is 0 Å². The first-order valence-corrected chi connectivity index (χ1v) is 3.45. The van der Waals surface area contributed by atoms with Gasteiger partial charge in [-0.3, -0.25) is 0 Å². The summed E-state index contributed by atoms with van der Waals surface area (Å²) in [5.74, 6) is -2.24. The van der Waals surface area contributed by atoms with Gasteiger partial charge in [-0.2, -0.15) is 0 Å². The molecule has 1 rings (SSSR count). The van der Waals surface area contributed by atoms with Gasteiger partial charge in [0.1, 0.15) is 5.75 Å². The minimum Gasteiger partial charge on any atom is -0.507 e. The SMILES string of the molecule is CC(O)(O)c1cc(N)ccc1O. The first kappa shape index (κ1) is 8.83. The first-order valence-electron chi connectivity index (χ1n) is 3.45. The first-order chi connectivity index (χ1) is 5.41. The molecule has 1 aromatic rings. The molecular formula is C8H11NO3. The fraction of sp³-hybridized carbons (Fsp3) is 0.250. The maximum Gasteiger partial charge on any atom is 0.190 e. The molecule has 0 heterocycles. The number of nitrogens with two attached hydrogens (primary N) is 1. The van der Waals surface area contributed by atoms with E-state index >= 15 is 0 Å². The van der Waals surface area contributed by atoms with Crippen LogP contribution in [0.15, 0.2) is 18.2 Å². The fourth-order valence-corrected chi connectivity index (χ4v) is 0.933. The predicted molar refractivity (Wildman–Crippen MR) is 44.3 cm³/mol. The zero-order valence-electron chi connectivity index (χ0n) is 6.65. The lowest BCUT2D eigenvalue weighted by molar-refractivity contribution is -0.153. The van der Waals surface area contributed by atoms with Gasteiger partial charge in [-0.1, -0.05) is 0 Å². The van der Waals surface area contributed by atoms with Crippen LogP contribution in [0.1, 0.15) is 12.5 Å². The van der Waals surface area contributed by atoms with Crippen molar-refractivity contribution in [3.8, 4) is 5.75 Å². The molecule has 0 bridgehead atoms. The second kappa shape index (κ2) is 2.66. The highest BCUT2D eigenvalue weighted by atomic mass is 16.5. The molecule has 0 saturated carbocycles. The van der Waals surface area contributed by atoms with E-state index in [1.807, 2.05) is 0 Å². The van der Waals surface area contributed by atoms with Crippen molar-refractivity contribution in [2.45, 2.75) is 12.7 Å². The monoisotopic (exact) mass is 169 g/mol. The Bertz CT molecular complexity index is 291. The average molecular weight is 169 g/mol. The molecule has 0 aliphatic carbocycles. The largest absolute Gasteiger partial charge is 0.507 e. The van der Waals surface area contributed by atoms with Gasteiger partial charge in [-0.25, -0.2) is 0 Å². The second-order valence-electron chi connectivity index (χ2n) is 2.80. The summed E-state index contributed by atoms with van der Waals surface area (Å²) < 4.78 is 0. The predicted octanol–water partition coefficient (Wildman–Crippen LogP) is 0.132. The van der Waals surface area contributed by atoms with Crippen LogP contribution in [-0.2, 0) is 5.79 Å². The quantitative estimate of drug-likeness (QED) is 0.273. The van der Waals surface area contributed by atoms with Gasteiger partial charge in [0.2, 0.25) is 0 Å². The van der Waals surface area contributed by atoms with E-state index in [2.05, 4.69) is 0 Å². The minimum absolute atomic E-state index is 0.00231. The van der Waals surface area contributed by atoms with Crippen molar-refractivity contribution in [3.63, 3.8) is 0 Å². The number of nitrogen functional groups attached to an aromatic ring is 1. The van der Waals surface area contributed by atoms with Crippen LogP contribution in [0, 0.1) is 0 Å². The number of phenolic OH excluding ortho intramolecular Hbond substituents is 1. The molecule has 4 nitrogen and oxygen atoms in total. The molecule has 0 saturated heterocycles. The summed E-state index contributed by atoms with van der Waals surface area (Å²) in [4.78, 5) is 0. The third-order valence-corrected chi connectivity index (χ3v) is 1.53. The van der Waals surface area contributed by atoms with Crippen molar-refractivity contribution < 1.29 is 15.3 Å². The molecule has 0 unspecified atom stereocenters. The molecule has 0 spiro atoms. The Morgan fingerprint density at radius 3 is 2.33 bits per heavy atom. The lowest BCUT2D eigenvalue weighted by atomic mass is 10.1. The number of anilines is 1. The molecule has 12 heavy (non-hydrogen) atoms. The van der Waals surface area contributed by atoms with Gasteiger partial charge < -0.3 is 21.1 Å². The van der Waals surface area contributed by atoms with E-state index in [1.165, 1.54) is 18.2 Å². The van der Waals surface area contributed by atoms with E-state index in [0.29, 0.717) is 5.69 Å². The zero-order valence-corrected chi connectivity index (χ0v) is 6.65. The van der Waals surface area contributed by atoms with Gasteiger partial charge in [-0.05, 0) is 25.1 Å². The Kier molecular flexibility index (Phi) is 1.95. The third kappa shape index (κ3) is 1.66. The lowest BCUT2D eigenvalue weighted by Crippen LogP contribution is -2.19. The van der Waals surface area contributed by atoms with Gasteiger partial charge in [0, 0.05) is 5.69 Å². The highest BCUT2D eigenvalue weighted by Gasteiger charge is 2.22. The molecule has 0 radical (unpaired) electrons. The van der Waals surface area contributed by atoms with Gasteiger partial charge in [0.15, 0.2) is 5.79 Å². The molecule has 66 valence electrons. The molecule has 0 aliphatic heterocycles. The topological polar surface area (TPSA) is 86.7 Å². The number of benzene rings is 1. The highest BCUT2D eigenvalue weighted by Crippen LogP contribution is 2.28. The van der Waals surface area contributed by atoms with Crippen LogP contribution >= 0.6 is 0 Å². The summed E-state index contributed by atoms with van der Waals surface area (Å²) in [6.45, 7) is 1.15. The van der Waals surface area contributed by atoms with E-state index in [0.717, 1.165) is 6.92 Å². The molecule has 4 heteroatoms. The maximum atomic E-state index is 9.20. The van der Waals surface area contributed by atoms with Gasteiger partial charge in [0.05, 0.1) is 5.56 Å². The summed E-state index contributed by atoms with van der Waals surface area (Å²) in [5.41, 5.74) is 5.77. The Hall–Kier alpha value is -1.26. The molecule has 0 atom stereocenters. The van der Waals surface area contributed by atoms with Crippen molar-refractivity contribution in [2.75, 3.05) is 5.73 Å². The Labute approximate surface area is 69.9 Å². The Morgan fingerprint density at radius 1 is 1.33 bits per heavy atom. The highest BCUT2D eigenvalue weighted by molar-refractivity contribution is 5.48. The number of phenols is 1. The molecule has 0 aromatic heterocycles. The molecule has 0 fully saturated rings. The van der Waals surface area contributed by atoms with Crippen LogP contribution in [0.4, 0.5) is 5.69 Å². The number of hydrogen-bond acceptors (Lipinski definition) is 4. The van der Waals surface area contributed by atoms with E-state index < -0.39 is 5.79 Å². The Balaban J connectivity index is 3.23. The van der Waals surface area contributed by atoms with Crippen LogP contribution in [0.3, 0.4) is 0 Å². The molecular weight excluding hydrogens is 158 g/mol. The summed E-state index contributed by atoms with van der Waals surface area (Å²) in [6.07, 6.45) is 0. The van der Waals surface area contributed by atoms with Gasteiger partial charge >= 0.3 is 0 Å². The number of hydrogen-bond donors (Lipinski definition) is 4. The maximum absolute atomic E-state index is 9.20. The average Bonchev–Trinajstić information content (AvgIpc) is 1.92. The third-order valence-electron chi connectivity index (χ3n) is 1.53. The second-order valence-corrected chi connectivity index (χ2v) is 2.80. The van der Waals surface area contributed by atoms with Crippen LogP contribution in [0.25, 0.3) is 0 Å². The van der Waals surface area contributed by atoms with E-state index in [9.17, 15) is 5.11 Å². The number of aliphatic hydroxyl groups is 2. The summed E-state index contributed by atoms with van der Waals surface area (Å²) in [6, 6.07) is 4.11. The smallest absolute Gasteiger partial charge is 0.190 e. The number of rotatable bonds is 1. The van der Waals surface area contributed by atoms with Gasteiger partial charge in [0.25, 0.3) is 0 Å². The van der Waals surface area contributed by atoms with Crippen LogP contribution in [0.2, 0.25) is 0 Å². The van der Waals surface area contributed by atoms with Gasteiger partial charge in [-0.15, -0.1) is 0 Å². The molecule has 0 amide bonds. The summed E-state index contributed by atoms with van der Waals surface area (Å²) >= 11 is 0. The van der Waals surface area contributed by atoms with Crippen molar-refractivity contribution in [2.24, 2.45) is 0 Å². The van der Waals surface area contributed by atoms with Crippen LogP contribution in [-0.4, -0.2) is 15.3 Å². The van der Waals surface area contributed by atoms with E-state index in [1.54, 1.807) is 0 Å². The van der Waals surface area contributed by atoms with Crippen molar-refractivity contribution in [1.82, 2.24) is 0 Å². The standard InChI is InChI=1S/C8H11NO3/c1-8(11,12)6-4-5(9)2-3-7(6)10/h2-4,10-12H,9H2,1H3. The fourth-order valence-electron chi connectivity index (χ4n) is 0.933. The molecule has 1 aromatic carbocycles. The molecule has 0 aliphatic rings. The van der Waals surface area contributed by atoms with Crippen molar-refractivity contribution in [3.05, 3.63) is 23.8 Å². The van der Waals surface area contributed by atoms with Crippen molar-refractivity contribution >= 4 is 5.69 Å². The normalized spacial score (nSPS) is 11.6. The Morgan fingerprint density at radius 2 is 1.92 bits per heavy atom. The minimum atomic E-state index is -2.06. The van der Waals surface area contributed by atoms with Crippen LogP contribution < -0.4 is 5.73 Å². The van der Waals surface area contributed by atoms with E-state index in [-0.39, 0.29) is 11.3 Å². The zero-order chi connectivity index (χ0) is 9.35. The lowest BCUT2D eigenvalue weighted by Gasteiger charge is -2.17. The molecule has 5 N–H and O–H groups in total. The van der Waals surface area contributed by atoms with Crippen LogP contribution in [0.5, 0.6) is 5.75 Å².